The van der Waals surface area contributed by atoms with Gasteiger partial charge in [0.25, 0.3) is 5.91 Å². The molecule has 0 aliphatic rings. The van der Waals surface area contributed by atoms with E-state index in [0.29, 0.717) is 27.1 Å². The molecule has 0 spiro atoms. The van der Waals surface area contributed by atoms with Crippen molar-refractivity contribution in [1.82, 2.24) is 4.98 Å². The standard InChI is InChI=1S/C18H14Cl2N2O2/c1-12-10-21-5-4-17(12)18(23)22(11-16-3-2-6-24-16)15-8-13(19)7-14(20)9-15/h2-10H,11H2,1H3. The summed E-state index contributed by atoms with van der Waals surface area (Å²) in [7, 11) is 0. The molecule has 0 bridgehead atoms. The number of amides is 1. The smallest absolute Gasteiger partial charge is 0.259 e. The number of hydrogen-bond donors (Lipinski definition) is 0. The third kappa shape index (κ3) is 3.61. The summed E-state index contributed by atoms with van der Waals surface area (Å²) in [6.07, 6.45) is 4.82. The topological polar surface area (TPSA) is 46.3 Å². The van der Waals surface area contributed by atoms with Crippen LogP contribution in [0.25, 0.3) is 0 Å². The Morgan fingerprint density at radius 3 is 2.58 bits per heavy atom. The fraction of sp³-hybridized carbons (Fsp3) is 0.111. The number of nitrogens with zero attached hydrogens (tertiary/aromatic N) is 2. The Morgan fingerprint density at radius 1 is 1.21 bits per heavy atom. The predicted molar refractivity (Wildman–Crippen MR) is 94.7 cm³/mol. The van der Waals surface area contributed by atoms with E-state index in [1.807, 2.05) is 13.0 Å². The van der Waals surface area contributed by atoms with Crippen molar-refractivity contribution in [3.63, 3.8) is 0 Å². The van der Waals surface area contributed by atoms with Gasteiger partial charge in [-0.3, -0.25) is 9.78 Å². The molecule has 0 aliphatic carbocycles. The molecular weight excluding hydrogens is 347 g/mol. The SMILES string of the molecule is Cc1cnccc1C(=O)N(Cc1ccco1)c1cc(Cl)cc(Cl)c1. The average Bonchev–Trinajstić information content (AvgIpc) is 3.04. The first-order valence-electron chi connectivity index (χ1n) is 7.25. The zero-order valence-electron chi connectivity index (χ0n) is 12.9. The number of pyridine rings is 1. The number of furan rings is 1. The zero-order valence-corrected chi connectivity index (χ0v) is 14.4. The van der Waals surface area contributed by atoms with E-state index in [1.54, 1.807) is 53.9 Å². The number of halogens is 2. The minimum Gasteiger partial charge on any atom is -0.467 e. The molecule has 122 valence electrons. The highest BCUT2D eigenvalue weighted by Crippen LogP contribution is 2.28. The molecule has 24 heavy (non-hydrogen) atoms. The van der Waals surface area contributed by atoms with E-state index in [9.17, 15) is 4.79 Å². The minimum absolute atomic E-state index is 0.176. The van der Waals surface area contributed by atoms with Crippen molar-refractivity contribution in [3.8, 4) is 0 Å². The number of aryl methyl sites for hydroxylation is 1. The third-order valence-corrected chi connectivity index (χ3v) is 3.99. The van der Waals surface area contributed by atoms with E-state index in [1.165, 1.54) is 0 Å². The lowest BCUT2D eigenvalue weighted by atomic mass is 10.1. The van der Waals surface area contributed by atoms with E-state index in [0.717, 1.165) is 5.56 Å². The van der Waals surface area contributed by atoms with Crippen LogP contribution in [-0.4, -0.2) is 10.9 Å². The molecule has 0 fully saturated rings. The number of carbonyl (C=O) groups is 1. The Morgan fingerprint density at radius 2 is 1.96 bits per heavy atom. The second-order valence-electron chi connectivity index (χ2n) is 5.29. The molecule has 0 N–H and O–H groups in total. The molecule has 6 heteroatoms. The van der Waals surface area contributed by atoms with E-state index < -0.39 is 0 Å². The van der Waals surface area contributed by atoms with Gasteiger partial charge in [-0.15, -0.1) is 0 Å². The molecule has 1 amide bonds. The summed E-state index contributed by atoms with van der Waals surface area (Å²) in [5.74, 6) is 0.482. The molecule has 3 aromatic rings. The summed E-state index contributed by atoms with van der Waals surface area (Å²) in [5.41, 5.74) is 1.96. The Bertz CT molecular complexity index is 843. The van der Waals surface area contributed by atoms with Crippen molar-refractivity contribution in [3.05, 3.63) is 82.0 Å². The third-order valence-electron chi connectivity index (χ3n) is 3.55. The molecule has 3 rings (SSSR count). The monoisotopic (exact) mass is 360 g/mol. The van der Waals surface area contributed by atoms with Crippen LogP contribution in [-0.2, 0) is 6.54 Å². The van der Waals surface area contributed by atoms with E-state index in [2.05, 4.69) is 4.98 Å². The lowest BCUT2D eigenvalue weighted by molar-refractivity contribution is 0.0982. The van der Waals surface area contributed by atoms with Crippen molar-refractivity contribution in [1.29, 1.82) is 0 Å². The van der Waals surface area contributed by atoms with Crippen LogP contribution < -0.4 is 4.90 Å². The van der Waals surface area contributed by atoms with Crippen LogP contribution >= 0.6 is 23.2 Å². The summed E-state index contributed by atoms with van der Waals surface area (Å²) in [6.45, 7) is 2.11. The quantitative estimate of drug-likeness (QED) is 0.647. The summed E-state index contributed by atoms with van der Waals surface area (Å²) in [4.78, 5) is 18.7. The van der Waals surface area contributed by atoms with E-state index in [4.69, 9.17) is 27.6 Å². The molecular formula is C18H14Cl2N2O2. The van der Waals surface area contributed by atoms with Crippen molar-refractivity contribution >= 4 is 34.8 Å². The van der Waals surface area contributed by atoms with Crippen LogP contribution in [0.4, 0.5) is 5.69 Å². The molecule has 0 radical (unpaired) electrons. The first-order valence-corrected chi connectivity index (χ1v) is 8.01. The molecule has 2 aromatic heterocycles. The largest absolute Gasteiger partial charge is 0.467 e. The molecule has 0 unspecified atom stereocenters. The van der Waals surface area contributed by atoms with Gasteiger partial charge < -0.3 is 9.32 Å². The van der Waals surface area contributed by atoms with Gasteiger partial charge in [0.15, 0.2) is 0 Å². The number of aromatic nitrogens is 1. The first kappa shape index (κ1) is 16.6. The molecule has 2 heterocycles. The highest BCUT2D eigenvalue weighted by atomic mass is 35.5. The highest BCUT2D eigenvalue weighted by molar-refractivity contribution is 6.35. The van der Waals surface area contributed by atoms with Gasteiger partial charge in [0.05, 0.1) is 12.8 Å². The Hall–Kier alpha value is -2.30. The normalized spacial score (nSPS) is 10.6. The summed E-state index contributed by atoms with van der Waals surface area (Å²) in [5, 5.41) is 0.919. The van der Waals surface area contributed by atoms with Crippen LogP contribution in [0.5, 0.6) is 0 Å². The van der Waals surface area contributed by atoms with Gasteiger partial charge in [0.1, 0.15) is 5.76 Å². The van der Waals surface area contributed by atoms with Gasteiger partial charge >= 0.3 is 0 Å². The first-order chi connectivity index (χ1) is 11.5. The number of anilines is 1. The van der Waals surface area contributed by atoms with Gasteiger partial charge in [-0.05, 0) is 48.9 Å². The van der Waals surface area contributed by atoms with Gasteiger partial charge in [-0.25, -0.2) is 0 Å². The summed E-state index contributed by atoms with van der Waals surface area (Å²) >= 11 is 12.2. The fourth-order valence-electron chi connectivity index (χ4n) is 2.39. The lowest BCUT2D eigenvalue weighted by Gasteiger charge is -2.23. The number of carbonyl (C=O) groups excluding carboxylic acids is 1. The lowest BCUT2D eigenvalue weighted by Crippen LogP contribution is -2.31. The van der Waals surface area contributed by atoms with Crippen molar-refractivity contribution in [2.24, 2.45) is 0 Å². The van der Waals surface area contributed by atoms with Crippen LogP contribution in [0.3, 0.4) is 0 Å². The number of hydrogen-bond acceptors (Lipinski definition) is 3. The van der Waals surface area contributed by atoms with Gasteiger partial charge in [0.2, 0.25) is 0 Å². The number of rotatable bonds is 4. The van der Waals surface area contributed by atoms with E-state index >= 15 is 0 Å². The minimum atomic E-state index is -0.176. The Balaban J connectivity index is 2.04. The molecule has 0 saturated heterocycles. The fourth-order valence-corrected chi connectivity index (χ4v) is 2.91. The second-order valence-corrected chi connectivity index (χ2v) is 6.16. The van der Waals surface area contributed by atoms with Gasteiger partial charge in [0, 0.05) is 33.7 Å². The molecule has 0 atom stereocenters. The molecule has 1 aromatic carbocycles. The summed E-state index contributed by atoms with van der Waals surface area (Å²) < 4.78 is 5.39. The molecule has 0 saturated carbocycles. The zero-order chi connectivity index (χ0) is 17.1. The molecule has 0 aliphatic heterocycles. The molecule has 4 nitrogen and oxygen atoms in total. The van der Waals surface area contributed by atoms with Crippen molar-refractivity contribution in [2.45, 2.75) is 13.5 Å². The van der Waals surface area contributed by atoms with Crippen LogP contribution in [0.1, 0.15) is 21.7 Å². The van der Waals surface area contributed by atoms with Crippen LogP contribution in [0.2, 0.25) is 10.0 Å². The average molecular weight is 361 g/mol. The van der Waals surface area contributed by atoms with Crippen LogP contribution in [0, 0.1) is 6.92 Å². The summed E-state index contributed by atoms with van der Waals surface area (Å²) in [6, 6.07) is 10.3. The van der Waals surface area contributed by atoms with Crippen molar-refractivity contribution < 1.29 is 9.21 Å². The Kier molecular flexibility index (Phi) is 4.88. The maximum Gasteiger partial charge on any atom is 0.259 e. The van der Waals surface area contributed by atoms with E-state index in [-0.39, 0.29) is 12.5 Å². The maximum absolute atomic E-state index is 13.1. The Labute approximate surface area is 149 Å². The number of benzene rings is 1. The van der Waals surface area contributed by atoms with Crippen LogP contribution in [0.15, 0.2) is 59.5 Å². The van der Waals surface area contributed by atoms with Gasteiger partial charge in [-0.2, -0.15) is 0 Å². The van der Waals surface area contributed by atoms with Crippen molar-refractivity contribution in [2.75, 3.05) is 4.90 Å². The predicted octanol–water partition coefficient (Wildman–Crippen LogP) is 5.14. The maximum atomic E-state index is 13.1. The second kappa shape index (κ2) is 7.07. The highest BCUT2D eigenvalue weighted by Gasteiger charge is 2.21. The van der Waals surface area contributed by atoms with Gasteiger partial charge in [-0.1, -0.05) is 23.2 Å².